The molecule has 25 heavy (non-hydrogen) atoms. The number of benzene rings is 2. The van der Waals surface area contributed by atoms with Crippen LogP contribution in [0.1, 0.15) is 5.69 Å². The highest BCUT2D eigenvalue weighted by Crippen LogP contribution is 2.30. The Bertz CT molecular complexity index is 918. The van der Waals surface area contributed by atoms with Gasteiger partial charge in [0.25, 0.3) is 0 Å². The van der Waals surface area contributed by atoms with E-state index in [-0.39, 0.29) is 5.69 Å². The Morgan fingerprint density at radius 3 is 2.44 bits per heavy atom. The Balaban J connectivity index is 2.09. The molecule has 3 aromatic rings. The molecule has 1 aromatic heterocycles. The standard InChI is InChI=1S/C17H11F5N2O/c1-10-7-16(11-3-2-4-13(8-11)25-17(20,21)22)24(23-10)15-6-5-12(18)9-14(15)19/h2-9H,1H3. The van der Waals surface area contributed by atoms with Gasteiger partial charge in [0.15, 0.2) is 5.82 Å². The number of aromatic nitrogens is 2. The Morgan fingerprint density at radius 1 is 1.00 bits per heavy atom. The van der Waals surface area contributed by atoms with Gasteiger partial charge in [0.2, 0.25) is 0 Å². The highest BCUT2D eigenvalue weighted by Gasteiger charge is 2.31. The zero-order chi connectivity index (χ0) is 18.2. The zero-order valence-corrected chi connectivity index (χ0v) is 12.8. The second-order valence-electron chi connectivity index (χ2n) is 5.25. The zero-order valence-electron chi connectivity index (χ0n) is 12.8. The molecule has 0 radical (unpaired) electrons. The van der Waals surface area contributed by atoms with Crippen molar-refractivity contribution in [3.63, 3.8) is 0 Å². The first-order valence-corrected chi connectivity index (χ1v) is 7.11. The molecule has 0 saturated carbocycles. The van der Waals surface area contributed by atoms with Gasteiger partial charge in [0, 0.05) is 11.6 Å². The van der Waals surface area contributed by atoms with E-state index in [4.69, 9.17) is 0 Å². The van der Waals surface area contributed by atoms with Crippen molar-refractivity contribution in [3.8, 4) is 22.7 Å². The molecule has 0 atom stereocenters. The number of nitrogens with zero attached hydrogens (tertiary/aromatic N) is 2. The van der Waals surface area contributed by atoms with Gasteiger partial charge in [-0.3, -0.25) is 0 Å². The first kappa shape index (κ1) is 16.9. The molecule has 1 heterocycles. The van der Waals surface area contributed by atoms with Gasteiger partial charge in [-0.1, -0.05) is 12.1 Å². The van der Waals surface area contributed by atoms with Gasteiger partial charge >= 0.3 is 6.36 Å². The molecule has 3 nitrogen and oxygen atoms in total. The third-order valence-corrected chi connectivity index (χ3v) is 3.33. The van der Waals surface area contributed by atoms with E-state index in [2.05, 4.69) is 9.84 Å². The third-order valence-electron chi connectivity index (χ3n) is 3.33. The number of hydrogen-bond donors (Lipinski definition) is 0. The molecule has 0 N–H and O–H groups in total. The van der Waals surface area contributed by atoms with Crippen molar-refractivity contribution < 1.29 is 26.7 Å². The lowest BCUT2D eigenvalue weighted by atomic mass is 10.1. The Labute approximate surface area is 139 Å². The molecular weight excluding hydrogens is 343 g/mol. The lowest BCUT2D eigenvalue weighted by Crippen LogP contribution is -2.17. The molecule has 130 valence electrons. The van der Waals surface area contributed by atoms with Crippen LogP contribution in [0.15, 0.2) is 48.5 Å². The molecule has 0 amide bonds. The van der Waals surface area contributed by atoms with E-state index < -0.39 is 23.7 Å². The summed E-state index contributed by atoms with van der Waals surface area (Å²) < 4.78 is 69.5. The van der Waals surface area contributed by atoms with Crippen molar-refractivity contribution in [1.82, 2.24) is 9.78 Å². The first-order valence-electron chi connectivity index (χ1n) is 7.11. The number of alkyl halides is 3. The Hall–Kier alpha value is -2.90. The largest absolute Gasteiger partial charge is 0.573 e. The minimum absolute atomic E-state index is 0.0216. The Morgan fingerprint density at radius 2 is 1.76 bits per heavy atom. The SMILES string of the molecule is Cc1cc(-c2cccc(OC(F)(F)F)c2)n(-c2ccc(F)cc2F)n1. The van der Waals surface area contributed by atoms with Gasteiger partial charge < -0.3 is 4.74 Å². The predicted molar refractivity (Wildman–Crippen MR) is 80.3 cm³/mol. The topological polar surface area (TPSA) is 27.1 Å². The van der Waals surface area contributed by atoms with Crippen LogP contribution >= 0.6 is 0 Å². The van der Waals surface area contributed by atoms with Crippen molar-refractivity contribution in [2.75, 3.05) is 0 Å². The van der Waals surface area contributed by atoms with Crippen LogP contribution in [-0.2, 0) is 0 Å². The third kappa shape index (κ3) is 3.78. The van der Waals surface area contributed by atoms with Crippen molar-refractivity contribution >= 4 is 0 Å². The molecule has 0 aliphatic rings. The maximum absolute atomic E-state index is 14.1. The van der Waals surface area contributed by atoms with E-state index >= 15 is 0 Å². The van der Waals surface area contributed by atoms with E-state index in [1.807, 2.05) is 0 Å². The summed E-state index contributed by atoms with van der Waals surface area (Å²) in [5, 5.41) is 4.14. The van der Waals surface area contributed by atoms with Crippen LogP contribution in [0.4, 0.5) is 22.0 Å². The first-order chi connectivity index (χ1) is 11.7. The Kier molecular flexibility index (Phi) is 4.20. The molecule has 0 aliphatic heterocycles. The average Bonchev–Trinajstić information content (AvgIpc) is 2.87. The molecule has 3 rings (SSSR count). The molecule has 8 heteroatoms. The molecule has 0 aliphatic carbocycles. The molecule has 0 bridgehead atoms. The molecule has 2 aromatic carbocycles. The van der Waals surface area contributed by atoms with Crippen LogP contribution in [0.3, 0.4) is 0 Å². The normalized spacial score (nSPS) is 11.6. The second kappa shape index (κ2) is 6.19. The summed E-state index contributed by atoms with van der Waals surface area (Å²) >= 11 is 0. The van der Waals surface area contributed by atoms with E-state index in [1.165, 1.54) is 28.9 Å². The quantitative estimate of drug-likeness (QED) is 0.617. The van der Waals surface area contributed by atoms with E-state index in [9.17, 15) is 22.0 Å². The van der Waals surface area contributed by atoms with Gasteiger partial charge in [-0.25, -0.2) is 13.5 Å². The van der Waals surface area contributed by atoms with Crippen LogP contribution in [-0.4, -0.2) is 16.1 Å². The minimum atomic E-state index is -4.82. The predicted octanol–water partition coefficient (Wildman–Crippen LogP) is 5.02. The number of ether oxygens (including phenoxy) is 1. The lowest BCUT2D eigenvalue weighted by molar-refractivity contribution is -0.274. The summed E-state index contributed by atoms with van der Waals surface area (Å²) in [7, 11) is 0. The number of halogens is 5. The second-order valence-corrected chi connectivity index (χ2v) is 5.25. The summed E-state index contributed by atoms with van der Waals surface area (Å²) in [4.78, 5) is 0. The van der Waals surface area contributed by atoms with Crippen LogP contribution in [0.5, 0.6) is 5.75 Å². The molecule has 0 fully saturated rings. The van der Waals surface area contributed by atoms with Gasteiger partial charge in [-0.2, -0.15) is 5.10 Å². The number of hydrogen-bond acceptors (Lipinski definition) is 2. The maximum atomic E-state index is 14.1. The van der Waals surface area contributed by atoms with Gasteiger partial charge in [0.1, 0.15) is 17.3 Å². The van der Waals surface area contributed by atoms with Gasteiger partial charge in [0.05, 0.1) is 11.4 Å². The fourth-order valence-corrected chi connectivity index (χ4v) is 2.39. The van der Waals surface area contributed by atoms with Crippen LogP contribution in [0.25, 0.3) is 16.9 Å². The maximum Gasteiger partial charge on any atom is 0.573 e. The van der Waals surface area contributed by atoms with Crippen LogP contribution < -0.4 is 4.74 Å². The average molecular weight is 354 g/mol. The minimum Gasteiger partial charge on any atom is -0.406 e. The van der Waals surface area contributed by atoms with Crippen molar-refractivity contribution in [1.29, 1.82) is 0 Å². The number of aryl methyl sites for hydroxylation is 1. The summed E-state index contributed by atoms with van der Waals surface area (Å²) in [6.07, 6.45) is -4.82. The van der Waals surface area contributed by atoms with Crippen molar-refractivity contribution in [2.45, 2.75) is 13.3 Å². The van der Waals surface area contributed by atoms with Gasteiger partial charge in [-0.15, -0.1) is 13.2 Å². The van der Waals surface area contributed by atoms with Crippen LogP contribution in [0, 0.1) is 18.6 Å². The van der Waals surface area contributed by atoms with E-state index in [0.717, 1.165) is 12.1 Å². The van der Waals surface area contributed by atoms with E-state index in [0.29, 0.717) is 23.0 Å². The van der Waals surface area contributed by atoms with Crippen LogP contribution in [0.2, 0.25) is 0 Å². The fraction of sp³-hybridized carbons (Fsp3) is 0.118. The molecule has 0 saturated heterocycles. The van der Waals surface area contributed by atoms with Crippen molar-refractivity contribution in [2.24, 2.45) is 0 Å². The lowest BCUT2D eigenvalue weighted by Gasteiger charge is -2.12. The summed E-state index contributed by atoms with van der Waals surface area (Å²) in [5.74, 6) is -1.99. The molecule has 0 spiro atoms. The highest BCUT2D eigenvalue weighted by atomic mass is 19.4. The summed E-state index contributed by atoms with van der Waals surface area (Å²) in [5.41, 5.74) is 1.18. The molecule has 0 unspecified atom stereocenters. The highest BCUT2D eigenvalue weighted by molar-refractivity contribution is 5.64. The monoisotopic (exact) mass is 354 g/mol. The summed E-state index contributed by atoms with van der Waals surface area (Å²) in [6, 6.07) is 9.81. The van der Waals surface area contributed by atoms with Gasteiger partial charge in [-0.05, 0) is 37.3 Å². The smallest absolute Gasteiger partial charge is 0.406 e. The molecular formula is C17H11F5N2O. The van der Waals surface area contributed by atoms with E-state index in [1.54, 1.807) is 13.0 Å². The fourth-order valence-electron chi connectivity index (χ4n) is 2.39. The number of rotatable bonds is 3. The van der Waals surface area contributed by atoms with Crippen molar-refractivity contribution in [3.05, 3.63) is 65.9 Å². The summed E-state index contributed by atoms with van der Waals surface area (Å²) in [6.45, 7) is 1.65.